The van der Waals surface area contributed by atoms with E-state index in [1.807, 2.05) is 13.1 Å². The van der Waals surface area contributed by atoms with Gasteiger partial charge < -0.3 is 40.0 Å². The van der Waals surface area contributed by atoms with E-state index in [2.05, 4.69) is 82.3 Å². The molecule has 13 heteroatoms. The number of carbonyl (C=O) groups excluding carboxylic acids is 3. The van der Waals surface area contributed by atoms with Crippen molar-refractivity contribution >= 4 is 34.6 Å². The number of hydrogen-bond donors (Lipinski definition) is 4. The molecule has 1 saturated carbocycles. The average molecular weight is 825 g/mol. The van der Waals surface area contributed by atoms with Crippen molar-refractivity contribution in [3.63, 3.8) is 0 Å². The predicted octanol–water partition coefficient (Wildman–Crippen LogP) is 5.21. The molecule has 5 aliphatic heterocycles. The SMILES string of the molecule is CCC1(NC(=O)NC)C[C@H]2CN(CCc3c([nH]c4ccc(F)cc34)[C@@](C)(c3cc4c(cc3C)N(C)[C@H]3[C@@](O)(C(=O)OC)[C@H](OC(C)=O)[C@]5(CC)C=CCN6CC[C@]43[C@@H]65)C2)C1. The summed E-state index contributed by atoms with van der Waals surface area (Å²) in [4.78, 5) is 51.2. The van der Waals surface area contributed by atoms with Gasteiger partial charge in [0.1, 0.15) is 5.82 Å². The number of likely N-dealkylation sites (N-methyl/N-ethyl adjacent to an activating group) is 1. The molecule has 322 valence electrons. The second-order valence-corrected chi connectivity index (χ2v) is 19.2. The molecule has 6 heterocycles. The number of anilines is 1. The molecule has 1 aliphatic carbocycles. The van der Waals surface area contributed by atoms with Crippen molar-refractivity contribution in [1.82, 2.24) is 25.4 Å². The minimum Gasteiger partial charge on any atom is -0.467 e. The molecular weight excluding hydrogens is 764 g/mol. The lowest BCUT2D eigenvalue weighted by Gasteiger charge is -2.63. The molecule has 2 bridgehead atoms. The molecular formula is C47H61FN6O6. The van der Waals surface area contributed by atoms with E-state index in [1.165, 1.54) is 20.1 Å². The monoisotopic (exact) mass is 824 g/mol. The second-order valence-electron chi connectivity index (χ2n) is 19.2. The van der Waals surface area contributed by atoms with Crippen LogP contribution in [0.1, 0.15) is 87.7 Å². The number of hydrogen-bond acceptors (Lipinski definition) is 9. The van der Waals surface area contributed by atoms with Gasteiger partial charge in [-0.15, -0.1) is 0 Å². The Kier molecular flexibility index (Phi) is 9.57. The number of aryl methyl sites for hydroxylation is 1. The number of rotatable bonds is 6. The Balaban J connectivity index is 1.28. The summed E-state index contributed by atoms with van der Waals surface area (Å²) in [7, 11) is 4.89. The molecule has 0 radical (unpaired) electrons. The normalized spacial score (nSPS) is 36.6. The lowest BCUT2D eigenvalue weighted by molar-refractivity contribution is -0.228. The summed E-state index contributed by atoms with van der Waals surface area (Å²) < 4.78 is 26.8. The van der Waals surface area contributed by atoms with Gasteiger partial charge >= 0.3 is 18.0 Å². The Bertz CT molecular complexity index is 2310. The summed E-state index contributed by atoms with van der Waals surface area (Å²) in [6.07, 6.45) is 7.22. The number of fused-ring (bicyclic) bond motifs is 6. The van der Waals surface area contributed by atoms with Crippen LogP contribution in [0.5, 0.6) is 0 Å². The van der Waals surface area contributed by atoms with Gasteiger partial charge in [0.2, 0.25) is 5.60 Å². The number of esters is 2. The number of amides is 2. The minimum absolute atomic E-state index is 0.184. The zero-order valence-electron chi connectivity index (χ0n) is 36.3. The van der Waals surface area contributed by atoms with Crippen LogP contribution in [0.2, 0.25) is 0 Å². The van der Waals surface area contributed by atoms with Crippen LogP contribution in [-0.2, 0) is 36.3 Å². The van der Waals surface area contributed by atoms with Crippen LogP contribution < -0.4 is 15.5 Å². The highest BCUT2D eigenvalue weighted by molar-refractivity contribution is 5.88. The summed E-state index contributed by atoms with van der Waals surface area (Å²) in [5.41, 5.74) is 2.35. The first-order valence-corrected chi connectivity index (χ1v) is 21.9. The Morgan fingerprint density at radius 2 is 1.85 bits per heavy atom. The number of methoxy groups -OCH3 is 1. The number of benzene rings is 2. The molecule has 3 aromatic rings. The fourth-order valence-corrected chi connectivity index (χ4v) is 14.0. The molecule has 2 saturated heterocycles. The van der Waals surface area contributed by atoms with E-state index >= 15 is 4.39 Å². The number of urea groups is 1. The lowest BCUT2D eigenvalue weighted by Crippen LogP contribution is -2.81. The van der Waals surface area contributed by atoms with E-state index in [-0.39, 0.29) is 23.8 Å². The predicted molar refractivity (Wildman–Crippen MR) is 228 cm³/mol. The summed E-state index contributed by atoms with van der Waals surface area (Å²) in [5, 5.41) is 20.3. The number of nitrogens with one attached hydrogen (secondary N) is 3. The molecule has 3 fully saturated rings. The second kappa shape index (κ2) is 14.0. The topological polar surface area (TPSA) is 139 Å². The Hall–Kier alpha value is -4.46. The fraction of sp³-hybridized carbons (Fsp3) is 0.596. The van der Waals surface area contributed by atoms with Gasteiger partial charge in [0.05, 0.1) is 18.7 Å². The van der Waals surface area contributed by atoms with Gasteiger partial charge in [0.15, 0.2) is 6.10 Å². The standard InChI is InChI=1S/C47H61FN6O6/c1-9-44(51-42(57)49-6)24-29-23-43(5,37-31(14-18-53(25-29)26-44)32-21-30(48)12-13-35(32)50-37)33-22-34-36(20-27(33)3)52(7)39-46(34)16-19-54-17-11-15-45(10-2,38(46)54)40(60-28(4)55)47(39,58)41(56)59-8/h11-13,15,20-22,29,38-40,50,58H,9-10,14,16-19,23-26H2,1-8H3,(H2,49,51,57)/t29-,38-,39+,40+,43+,44?,45+,46+,47-/m0/s1. The van der Waals surface area contributed by atoms with Crippen molar-refractivity contribution in [2.24, 2.45) is 11.3 Å². The van der Waals surface area contributed by atoms with Crippen LogP contribution in [0.3, 0.4) is 0 Å². The maximum absolute atomic E-state index is 15.1. The number of H-pyrrole nitrogens is 1. The number of halogens is 1. The third-order valence-electron chi connectivity index (χ3n) is 16.1. The summed E-state index contributed by atoms with van der Waals surface area (Å²) in [6.45, 7) is 13.8. The highest BCUT2D eigenvalue weighted by Gasteiger charge is 2.80. The van der Waals surface area contributed by atoms with Crippen molar-refractivity contribution in [2.75, 3.05) is 58.8 Å². The van der Waals surface area contributed by atoms with E-state index in [4.69, 9.17) is 9.47 Å². The summed E-state index contributed by atoms with van der Waals surface area (Å²) in [5.74, 6) is -1.47. The minimum atomic E-state index is -2.21. The van der Waals surface area contributed by atoms with E-state index < -0.39 is 51.5 Å². The number of aromatic nitrogens is 1. The highest BCUT2D eigenvalue weighted by Crippen LogP contribution is 2.68. The van der Waals surface area contributed by atoms with Gasteiger partial charge in [0.25, 0.3) is 0 Å². The van der Waals surface area contributed by atoms with Gasteiger partial charge in [-0.3, -0.25) is 9.69 Å². The first kappa shape index (κ1) is 40.9. The highest BCUT2D eigenvalue weighted by atomic mass is 19.1. The Morgan fingerprint density at radius 3 is 2.55 bits per heavy atom. The number of nitrogens with zero attached hydrogens (tertiary/aromatic N) is 3. The van der Waals surface area contributed by atoms with Crippen molar-refractivity contribution in [1.29, 1.82) is 0 Å². The maximum atomic E-state index is 15.1. The van der Waals surface area contributed by atoms with Crippen LogP contribution in [0, 0.1) is 24.1 Å². The number of ether oxygens (including phenoxy) is 2. The average Bonchev–Trinajstić information content (AvgIpc) is 3.88. The smallest absolute Gasteiger partial charge is 0.344 e. The van der Waals surface area contributed by atoms with Crippen LogP contribution in [0.15, 0.2) is 42.5 Å². The fourth-order valence-electron chi connectivity index (χ4n) is 14.0. The molecule has 12 nitrogen and oxygen atoms in total. The van der Waals surface area contributed by atoms with Gasteiger partial charge in [-0.25, -0.2) is 14.0 Å². The first-order valence-electron chi connectivity index (χ1n) is 21.9. The first-order chi connectivity index (χ1) is 28.5. The zero-order chi connectivity index (χ0) is 42.7. The number of carbonyl (C=O) groups is 3. The molecule has 10 atom stereocenters. The number of piperidine rings is 1. The summed E-state index contributed by atoms with van der Waals surface area (Å²) >= 11 is 0. The molecule has 1 aromatic heterocycles. The van der Waals surface area contributed by atoms with Gasteiger partial charge in [-0.2, -0.15) is 0 Å². The Labute approximate surface area is 352 Å². The van der Waals surface area contributed by atoms with E-state index in [1.54, 1.807) is 13.1 Å². The van der Waals surface area contributed by atoms with Gasteiger partial charge in [0, 0.05) is 91.8 Å². The van der Waals surface area contributed by atoms with E-state index in [9.17, 15) is 19.5 Å². The van der Waals surface area contributed by atoms with Crippen molar-refractivity contribution in [3.8, 4) is 0 Å². The molecule has 2 unspecified atom stereocenters. The summed E-state index contributed by atoms with van der Waals surface area (Å²) in [6, 6.07) is 8.42. The molecule has 6 aliphatic rings. The molecule has 4 N–H and O–H groups in total. The van der Waals surface area contributed by atoms with Crippen molar-refractivity contribution < 1.29 is 33.4 Å². The third-order valence-corrected chi connectivity index (χ3v) is 16.1. The van der Waals surface area contributed by atoms with E-state index in [0.717, 1.165) is 90.0 Å². The van der Waals surface area contributed by atoms with Gasteiger partial charge in [-0.1, -0.05) is 32.1 Å². The van der Waals surface area contributed by atoms with Gasteiger partial charge in [-0.05, 0) is 111 Å². The van der Waals surface area contributed by atoms with Crippen LogP contribution in [0.4, 0.5) is 14.9 Å². The number of aromatic amines is 1. The zero-order valence-corrected chi connectivity index (χ0v) is 36.3. The lowest BCUT2D eigenvalue weighted by atomic mass is 9.47. The Morgan fingerprint density at radius 1 is 1.07 bits per heavy atom. The quantitative estimate of drug-likeness (QED) is 0.195. The molecule has 2 aromatic carbocycles. The molecule has 9 rings (SSSR count). The van der Waals surface area contributed by atoms with E-state index in [0.29, 0.717) is 25.8 Å². The third kappa shape index (κ3) is 5.46. The largest absolute Gasteiger partial charge is 0.467 e. The van der Waals surface area contributed by atoms with Crippen LogP contribution >= 0.6 is 0 Å². The van der Waals surface area contributed by atoms with Crippen molar-refractivity contribution in [2.45, 2.75) is 113 Å². The molecule has 1 spiro atoms. The maximum Gasteiger partial charge on any atom is 0.344 e. The van der Waals surface area contributed by atoms with Crippen LogP contribution in [0.25, 0.3) is 10.9 Å². The molecule has 2 amide bonds. The number of aliphatic hydroxyl groups is 1. The van der Waals surface area contributed by atoms with Crippen molar-refractivity contribution in [3.05, 3.63) is 76.2 Å². The molecule has 60 heavy (non-hydrogen) atoms. The van der Waals surface area contributed by atoms with Crippen LogP contribution in [-0.4, -0.2) is 121 Å².